The SMILES string of the molecule is C=CC(=O)Nc1cc(Nc2ncc(Cl)c(Nc3ccccc3S(=O)(=O)C(C)C)n2)c(OC(C)C)cc1N1CCN(CC)CC1. The maximum atomic E-state index is 13.0. The number of hydrogen-bond acceptors (Lipinski definition) is 10. The minimum Gasteiger partial charge on any atom is -0.489 e. The molecule has 11 nitrogen and oxygen atoms in total. The molecule has 0 unspecified atom stereocenters. The number of para-hydroxylation sites is 1. The highest BCUT2D eigenvalue weighted by molar-refractivity contribution is 7.92. The molecule has 0 atom stereocenters. The standard InChI is InChI=1S/C31H40ClN7O4S/c1-7-29(40)34-24-17-25(27(43-20(3)4)18-26(24)39-15-13-38(8-2)14-16-39)36-31-33-19-22(32)30(37-31)35-23-11-9-10-12-28(23)44(41,42)21(5)6/h7,9-12,17-21H,1,8,13-16H2,2-6H3,(H,34,40)(H2,33,35,36,37). The third kappa shape index (κ3) is 7.79. The molecular formula is C31H40ClN7O4S. The van der Waals surface area contributed by atoms with Gasteiger partial charge in [0.15, 0.2) is 15.7 Å². The molecule has 1 amide bonds. The number of amides is 1. The van der Waals surface area contributed by atoms with Crippen LogP contribution in [0.15, 0.2) is 60.1 Å². The number of piperazine rings is 1. The van der Waals surface area contributed by atoms with E-state index in [9.17, 15) is 13.2 Å². The second-order valence-electron chi connectivity index (χ2n) is 10.9. The minimum absolute atomic E-state index is 0.142. The molecule has 236 valence electrons. The number of nitrogens with zero attached hydrogens (tertiary/aromatic N) is 4. The Hall–Kier alpha value is -3.87. The van der Waals surface area contributed by atoms with E-state index in [0.717, 1.165) is 38.4 Å². The van der Waals surface area contributed by atoms with Crippen molar-refractivity contribution in [3.63, 3.8) is 0 Å². The molecule has 1 saturated heterocycles. The molecule has 4 rings (SSSR count). The topological polar surface area (TPSA) is 129 Å². The normalized spacial score (nSPS) is 14.0. The maximum Gasteiger partial charge on any atom is 0.247 e. The van der Waals surface area contributed by atoms with Crippen molar-refractivity contribution in [2.75, 3.05) is 53.6 Å². The van der Waals surface area contributed by atoms with E-state index in [4.69, 9.17) is 16.3 Å². The summed E-state index contributed by atoms with van der Waals surface area (Å²) in [4.78, 5) is 26.1. The Morgan fingerprint density at radius 3 is 2.41 bits per heavy atom. The van der Waals surface area contributed by atoms with Gasteiger partial charge >= 0.3 is 0 Å². The Balaban J connectivity index is 1.72. The van der Waals surface area contributed by atoms with E-state index in [1.54, 1.807) is 44.2 Å². The lowest BCUT2D eigenvalue weighted by molar-refractivity contribution is -0.111. The third-order valence-electron chi connectivity index (χ3n) is 7.12. The van der Waals surface area contributed by atoms with Crippen LogP contribution in [-0.4, -0.2) is 73.3 Å². The number of carbonyl (C=O) groups is 1. The van der Waals surface area contributed by atoms with Crippen LogP contribution in [0.4, 0.5) is 34.5 Å². The molecule has 2 aromatic carbocycles. The molecular weight excluding hydrogens is 602 g/mol. The Morgan fingerprint density at radius 1 is 1.07 bits per heavy atom. The monoisotopic (exact) mass is 641 g/mol. The van der Waals surface area contributed by atoms with Crippen LogP contribution in [0.25, 0.3) is 0 Å². The first-order valence-corrected chi connectivity index (χ1v) is 16.5. The van der Waals surface area contributed by atoms with Crippen molar-refractivity contribution < 1.29 is 17.9 Å². The molecule has 0 bridgehead atoms. The Labute approximate surface area is 264 Å². The van der Waals surface area contributed by atoms with E-state index < -0.39 is 15.1 Å². The van der Waals surface area contributed by atoms with Gasteiger partial charge in [-0.3, -0.25) is 4.79 Å². The smallest absolute Gasteiger partial charge is 0.247 e. The first-order valence-electron chi connectivity index (χ1n) is 14.6. The Morgan fingerprint density at radius 2 is 1.77 bits per heavy atom. The van der Waals surface area contributed by atoms with Crippen LogP contribution < -0.4 is 25.6 Å². The van der Waals surface area contributed by atoms with Gasteiger partial charge < -0.3 is 30.5 Å². The van der Waals surface area contributed by atoms with E-state index in [1.807, 2.05) is 19.9 Å². The molecule has 0 spiro atoms. The van der Waals surface area contributed by atoms with E-state index >= 15 is 0 Å². The zero-order valence-corrected chi connectivity index (χ0v) is 27.3. The number of ether oxygens (including phenoxy) is 1. The van der Waals surface area contributed by atoms with Crippen LogP contribution >= 0.6 is 11.6 Å². The van der Waals surface area contributed by atoms with Crippen LogP contribution in [-0.2, 0) is 14.6 Å². The fourth-order valence-corrected chi connectivity index (χ4v) is 6.04. The van der Waals surface area contributed by atoms with E-state index in [2.05, 4.69) is 49.2 Å². The van der Waals surface area contributed by atoms with Crippen LogP contribution in [0.1, 0.15) is 34.6 Å². The van der Waals surface area contributed by atoms with Gasteiger partial charge in [-0.2, -0.15) is 4.98 Å². The zero-order chi connectivity index (χ0) is 32.0. The molecule has 13 heteroatoms. The van der Waals surface area contributed by atoms with Gasteiger partial charge in [-0.25, -0.2) is 13.4 Å². The first-order chi connectivity index (χ1) is 20.9. The summed E-state index contributed by atoms with van der Waals surface area (Å²) < 4.78 is 32.2. The van der Waals surface area contributed by atoms with Gasteiger partial charge in [-0.1, -0.05) is 37.2 Å². The predicted molar refractivity (Wildman–Crippen MR) is 178 cm³/mol. The zero-order valence-electron chi connectivity index (χ0n) is 25.7. The lowest BCUT2D eigenvalue weighted by Gasteiger charge is -2.36. The van der Waals surface area contributed by atoms with E-state index in [-0.39, 0.29) is 33.7 Å². The number of aromatic nitrogens is 2. The second kappa shape index (κ2) is 14.3. The highest BCUT2D eigenvalue weighted by atomic mass is 35.5. The highest BCUT2D eigenvalue weighted by Gasteiger charge is 2.24. The Kier molecular flexibility index (Phi) is 10.7. The van der Waals surface area contributed by atoms with Gasteiger partial charge in [-0.05, 0) is 58.5 Å². The number of nitrogens with one attached hydrogen (secondary N) is 3. The minimum atomic E-state index is -3.58. The summed E-state index contributed by atoms with van der Waals surface area (Å²) in [5, 5.41) is 8.79. The Bertz CT molecular complexity index is 1610. The van der Waals surface area contributed by atoms with Crippen LogP contribution in [0.3, 0.4) is 0 Å². The number of hydrogen-bond donors (Lipinski definition) is 3. The lowest BCUT2D eigenvalue weighted by Crippen LogP contribution is -2.46. The molecule has 3 aromatic rings. The molecule has 44 heavy (non-hydrogen) atoms. The summed E-state index contributed by atoms with van der Waals surface area (Å²) in [6, 6.07) is 10.3. The quantitative estimate of drug-likeness (QED) is 0.207. The van der Waals surface area contributed by atoms with Crippen molar-refractivity contribution in [3.05, 3.63) is 60.3 Å². The number of anilines is 6. The molecule has 1 aromatic heterocycles. The summed E-state index contributed by atoms with van der Waals surface area (Å²) in [6.45, 7) is 17.2. The fraction of sp³-hybridized carbons (Fsp3) is 0.387. The van der Waals surface area contributed by atoms with Gasteiger partial charge in [0.1, 0.15) is 10.8 Å². The molecule has 3 N–H and O–H groups in total. The molecule has 0 saturated carbocycles. The number of halogens is 1. The van der Waals surface area contributed by atoms with Crippen molar-refractivity contribution in [3.8, 4) is 5.75 Å². The van der Waals surface area contributed by atoms with Crippen LogP contribution in [0.5, 0.6) is 5.75 Å². The second-order valence-corrected chi connectivity index (χ2v) is 13.8. The van der Waals surface area contributed by atoms with Crippen molar-refractivity contribution in [1.29, 1.82) is 0 Å². The number of benzene rings is 2. The summed E-state index contributed by atoms with van der Waals surface area (Å²) in [7, 11) is -3.58. The van der Waals surface area contributed by atoms with Gasteiger partial charge in [0.25, 0.3) is 0 Å². The summed E-state index contributed by atoms with van der Waals surface area (Å²) in [5.74, 6) is 0.602. The van der Waals surface area contributed by atoms with Crippen molar-refractivity contribution >= 4 is 61.9 Å². The first kappa shape index (κ1) is 33.0. The predicted octanol–water partition coefficient (Wildman–Crippen LogP) is 5.85. The average Bonchev–Trinajstić information content (AvgIpc) is 2.99. The summed E-state index contributed by atoms with van der Waals surface area (Å²) in [5.41, 5.74) is 2.28. The number of carbonyl (C=O) groups excluding carboxylic acids is 1. The van der Waals surface area contributed by atoms with Crippen molar-refractivity contribution in [1.82, 2.24) is 14.9 Å². The van der Waals surface area contributed by atoms with Crippen LogP contribution in [0.2, 0.25) is 5.02 Å². The van der Waals surface area contributed by atoms with Gasteiger partial charge in [-0.15, -0.1) is 0 Å². The largest absolute Gasteiger partial charge is 0.489 e. The number of sulfone groups is 1. The van der Waals surface area contributed by atoms with Crippen molar-refractivity contribution in [2.24, 2.45) is 0 Å². The van der Waals surface area contributed by atoms with Gasteiger partial charge in [0.05, 0.1) is 45.2 Å². The average molecular weight is 642 g/mol. The molecule has 1 fully saturated rings. The third-order valence-corrected chi connectivity index (χ3v) is 9.61. The van der Waals surface area contributed by atoms with Gasteiger partial charge in [0.2, 0.25) is 11.9 Å². The molecule has 0 radical (unpaired) electrons. The van der Waals surface area contributed by atoms with E-state index in [0.29, 0.717) is 22.8 Å². The lowest BCUT2D eigenvalue weighted by atomic mass is 10.1. The van der Waals surface area contributed by atoms with E-state index in [1.165, 1.54) is 12.3 Å². The fourth-order valence-electron chi connectivity index (χ4n) is 4.70. The molecule has 1 aliphatic heterocycles. The summed E-state index contributed by atoms with van der Waals surface area (Å²) in [6.07, 6.45) is 2.50. The number of likely N-dealkylation sites (N-methyl/N-ethyl adjacent to an activating group) is 1. The molecule has 0 aliphatic carbocycles. The summed E-state index contributed by atoms with van der Waals surface area (Å²) >= 11 is 6.45. The van der Waals surface area contributed by atoms with Crippen molar-refractivity contribution in [2.45, 2.75) is 50.9 Å². The highest BCUT2D eigenvalue weighted by Crippen LogP contribution is 2.40. The maximum absolute atomic E-state index is 13.0. The molecule has 1 aliphatic rings. The molecule has 2 heterocycles. The van der Waals surface area contributed by atoms with Gasteiger partial charge in [0, 0.05) is 32.2 Å². The number of rotatable bonds is 12. The van der Waals surface area contributed by atoms with Crippen LogP contribution in [0, 0.1) is 0 Å².